The maximum Gasteiger partial charge on any atom is 0.244 e. The van der Waals surface area contributed by atoms with Gasteiger partial charge in [-0.3, -0.25) is 9.59 Å². The van der Waals surface area contributed by atoms with E-state index in [1.165, 1.54) is 0 Å². The third-order valence-electron chi connectivity index (χ3n) is 2.96. The van der Waals surface area contributed by atoms with Gasteiger partial charge in [-0.1, -0.05) is 20.8 Å². The van der Waals surface area contributed by atoms with Gasteiger partial charge in [0.05, 0.1) is 6.04 Å². The summed E-state index contributed by atoms with van der Waals surface area (Å²) in [6.45, 7) is 6.40. The minimum absolute atomic E-state index is 0.0329. The number of carbonyl (C=O) groups excluding carboxylic acids is 2. The molecule has 0 aliphatic carbocycles. The number of hydrogen-bond donors (Lipinski definition) is 2. The van der Waals surface area contributed by atoms with Crippen molar-refractivity contribution in [1.82, 2.24) is 10.2 Å². The van der Waals surface area contributed by atoms with Crippen molar-refractivity contribution in [2.24, 2.45) is 11.1 Å². The first-order valence-electron chi connectivity index (χ1n) is 5.54. The van der Waals surface area contributed by atoms with Crippen LogP contribution in [-0.4, -0.2) is 42.4 Å². The van der Waals surface area contributed by atoms with Gasteiger partial charge in [-0.05, 0) is 11.8 Å². The number of hydrogen-bond acceptors (Lipinski definition) is 3. The quantitative estimate of drug-likeness (QED) is 0.680. The van der Waals surface area contributed by atoms with Gasteiger partial charge >= 0.3 is 0 Å². The first kappa shape index (κ1) is 13.0. The average molecular weight is 227 g/mol. The zero-order valence-electron chi connectivity index (χ0n) is 10.4. The maximum absolute atomic E-state index is 11.8. The Kier molecular flexibility index (Phi) is 3.57. The highest BCUT2D eigenvalue weighted by Crippen LogP contribution is 2.18. The lowest BCUT2D eigenvalue weighted by Gasteiger charge is -2.26. The molecule has 1 fully saturated rings. The van der Waals surface area contributed by atoms with E-state index in [-0.39, 0.29) is 17.2 Å². The summed E-state index contributed by atoms with van der Waals surface area (Å²) in [7, 11) is 1.73. The predicted molar refractivity (Wildman–Crippen MR) is 61.6 cm³/mol. The molecule has 0 aromatic heterocycles. The average Bonchev–Trinajstić information content (AvgIpc) is 2.47. The second-order valence-corrected chi connectivity index (χ2v) is 5.45. The van der Waals surface area contributed by atoms with Crippen LogP contribution >= 0.6 is 0 Å². The first-order valence-corrected chi connectivity index (χ1v) is 5.54. The molecule has 5 nitrogen and oxygen atoms in total. The summed E-state index contributed by atoms with van der Waals surface area (Å²) in [4.78, 5) is 25.0. The molecular formula is C11H21N3O2. The summed E-state index contributed by atoms with van der Waals surface area (Å²) in [5.74, 6) is -0.282. The summed E-state index contributed by atoms with van der Waals surface area (Å²) in [5, 5.41) is 2.71. The predicted octanol–water partition coefficient (Wildman–Crippen LogP) is -0.293. The number of nitrogens with two attached hydrogens (primary N) is 1. The van der Waals surface area contributed by atoms with Gasteiger partial charge in [0, 0.05) is 13.6 Å². The van der Waals surface area contributed by atoms with Gasteiger partial charge in [0.1, 0.15) is 6.04 Å². The van der Waals surface area contributed by atoms with Crippen molar-refractivity contribution in [3.05, 3.63) is 0 Å². The minimum atomic E-state index is -0.591. The molecule has 1 saturated heterocycles. The van der Waals surface area contributed by atoms with Crippen molar-refractivity contribution in [3.8, 4) is 0 Å². The number of carbonyl (C=O) groups is 2. The molecule has 0 saturated carbocycles. The first-order chi connectivity index (χ1) is 7.23. The van der Waals surface area contributed by atoms with Gasteiger partial charge in [0.2, 0.25) is 11.8 Å². The summed E-state index contributed by atoms with van der Waals surface area (Å²) >= 11 is 0. The number of nitrogens with zero attached hydrogens (tertiary/aromatic N) is 1. The van der Waals surface area contributed by atoms with E-state index in [0.717, 1.165) is 0 Å². The van der Waals surface area contributed by atoms with E-state index in [1.807, 2.05) is 20.8 Å². The zero-order chi connectivity index (χ0) is 12.5. The monoisotopic (exact) mass is 227 g/mol. The molecular weight excluding hydrogens is 206 g/mol. The lowest BCUT2D eigenvalue weighted by Crippen LogP contribution is -2.52. The Morgan fingerprint density at radius 2 is 2.12 bits per heavy atom. The van der Waals surface area contributed by atoms with Crippen molar-refractivity contribution in [2.45, 2.75) is 39.3 Å². The van der Waals surface area contributed by atoms with Crippen LogP contribution in [0.2, 0.25) is 0 Å². The number of likely N-dealkylation sites (tertiary alicyclic amines) is 1. The van der Waals surface area contributed by atoms with Crippen LogP contribution in [0.4, 0.5) is 0 Å². The van der Waals surface area contributed by atoms with Crippen LogP contribution in [0.15, 0.2) is 0 Å². The molecule has 3 N–H and O–H groups in total. The normalized spacial score (nSPS) is 23.4. The van der Waals surface area contributed by atoms with Crippen LogP contribution in [0.3, 0.4) is 0 Å². The van der Waals surface area contributed by atoms with E-state index in [4.69, 9.17) is 5.73 Å². The van der Waals surface area contributed by atoms with E-state index < -0.39 is 12.1 Å². The van der Waals surface area contributed by atoms with Crippen LogP contribution in [-0.2, 0) is 9.59 Å². The largest absolute Gasteiger partial charge is 0.344 e. The smallest absolute Gasteiger partial charge is 0.244 e. The summed E-state index contributed by atoms with van der Waals surface area (Å²) < 4.78 is 0. The lowest BCUT2D eigenvalue weighted by molar-refractivity contribution is -0.133. The fourth-order valence-electron chi connectivity index (χ4n) is 1.61. The van der Waals surface area contributed by atoms with Gasteiger partial charge in [0.15, 0.2) is 0 Å². The number of nitrogens with one attached hydrogen (secondary N) is 1. The molecule has 1 heterocycles. The molecule has 92 valence electrons. The van der Waals surface area contributed by atoms with Gasteiger partial charge in [-0.15, -0.1) is 0 Å². The molecule has 0 spiro atoms. The Balaban J connectivity index is 2.56. The van der Waals surface area contributed by atoms with Crippen LogP contribution in [0.1, 0.15) is 27.2 Å². The molecule has 0 aromatic carbocycles. The van der Waals surface area contributed by atoms with E-state index >= 15 is 0 Å². The molecule has 2 amide bonds. The highest BCUT2D eigenvalue weighted by molar-refractivity contribution is 5.91. The summed E-state index contributed by atoms with van der Waals surface area (Å²) in [5.41, 5.74) is 5.52. The highest BCUT2D eigenvalue weighted by atomic mass is 16.2. The molecule has 5 heteroatoms. The Bertz CT molecular complexity index is 296. The molecule has 16 heavy (non-hydrogen) atoms. The zero-order valence-corrected chi connectivity index (χ0v) is 10.4. The van der Waals surface area contributed by atoms with Crippen molar-refractivity contribution in [1.29, 1.82) is 0 Å². The van der Waals surface area contributed by atoms with Crippen LogP contribution < -0.4 is 11.1 Å². The van der Waals surface area contributed by atoms with Crippen LogP contribution in [0.25, 0.3) is 0 Å². The molecule has 0 bridgehead atoms. The SMILES string of the molecule is CN1CCC(NC(=O)[C@@H](N)C(C)(C)C)C1=O. The highest BCUT2D eigenvalue weighted by Gasteiger charge is 2.34. The number of likely N-dealkylation sites (N-methyl/N-ethyl adjacent to an activating group) is 1. The van der Waals surface area contributed by atoms with Gasteiger partial charge in [-0.2, -0.15) is 0 Å². The van der Waals surface area contributed by atoms with E-state index in [0.29, 0.717) is 13.0 Å². The fourth-order valence-corrected chi connectivity index (χ4v) is 1.61. The number of rotatable bonds is 2. The fraction of sp³-hybridized carbons (Fsp3) is 0.818. The Hall–Kier alpha value is -1.10. The van der Waals surface area contributed by atoms with Crippen LogP contribution in [0.5, 0.6) is 0 Å². The molecule has 1 aliphatic heterocycles. The Morgan fingerprint density at radius 1 is 1.56 bits per heavy atom. The summed E-state index contributed by atoms with van der Waals surface area (Å²) in [6.07, 6.45) is 0.665. The van der Waals surface area contributed by atoms with Gasteiger partial charge < -0.3 is 16.0 Å². The minimum Gasteiger partial charge on any atom is -0.344 e. The standard InChI is InChI=1S/C11H21N3O2/c1-11(2,3)8(12)9(15)13-7-5-6-14(4)10(7)16/h7-8H,5-6,12H2,1-4H3,(H,13,15)/t7?,8-/m1/s1. The van der Waals surface area contributed by atoms with Crippen molar-refractivity contribution in [2.75, 3.05) is 13.6 Å². The van der Waals surface area contributed by atoms with Crippen LogP contribution in [0, 0.1) is 5.41 Å². The van der Waals surface area contributed by atoms with E-state index in [1.54, 1.807) is 11.9 Å². The molecule has 2 atom stereocenters. The summed E-state index contributed by atoms with van der Waals surface area (Å²) in [6, 6.07) is -0.989. The third kappa shape index (κ3) is 2.72. The lowest BCUT2D eigenvalue weighted by atomic mass is 9.87. The molecule has 1 rings (SSSR count). The van der Waals surface area contributed by atoms with Gasteiger partial charge in [-0.25, -0.2) is 0 Å². The van der Waals surface area contributed by atoms with Crippen molar-refractivity contribution >= 4 is 11.8 Å². The number of amides is 2. The topological polar surface area (TPSA) is 75.4 Å². The Labute approximate surface area is 96.4 Å². The Morgan fingerprint density at radius 3 is 2.50 bits per heavy atom. The second-order valence-electron chi connectivity index (χ2n) is 5.45. The van der Waals surface area contributed by atoms with Gasteiger partial charge in [0.25, 0.3) is 0 Å². The maximum atomic E-state index is 11.8. The van der Waals surface area contributed by atoms with Crippen molar-refractivity contribution < 1.29 is 9.59 Å². The van der Waals surface area contributed by atoms with E-state index in [9.17, 15) is 9.59 Å². The third-order valence-corrected chi connectivity index (χ3v) is 2.96. The molecule has 1 unspecified atom stereocenters. The van der Waals surface area contributed by atoms with Crippen molar-refractivity contribution in [3.63, 3.8) is 0 Å². The molecule has 0 aromatic rings. The molecule has 0 radical (unpaired) electrons. The second kappa shape index (κ2) is 4.41. The van der Waals surface area contributed by atoms with E-state index in [2.05, 4.69) is 5.32 Å². The molecule has 1 aliphatic rings.